The number of hydrogen-bond donors (Lipinski definition) is 0. The van der Waals surface area contributed by atoms with E-state index >= 15 is 0 Å². The summed E-state index contributed by atoms with van der Waals surface area (Å²) in [6.45, 7) is 3.02. The van der Waals surface area contributed by atoms with Gasteiger partial charge in [-0.2, -0.15) is 0 Å². The number of piperidine rings is 1. The summed E-state index contributed by atoms with van der Waals surface area (Å²) in [6.07, 6.45) is 3.17. The van der Waals surface area contributed by atoms with E-state index in [0.717, 1.165) is 23.9 Å². The molecule has 0 atom stereocenters. The van der Waals surface area contributed by atoms with Crippen LogP contribution in [0.15, 0.2) is 41.1 Å². The van der Waals surface area contributed by atoms with Crippen LogP contribution in [0.4, 0.5) is 0 Å². The highest BCUT2D eigenvalue weighted by atomic mass is 16.5. The maximum absolute atomic E-state index is 12.4. The molecular weight excluding hydrogens is 320 g/mol. The van der Waals surface area contributed by atoms with Gasteiger partial charge in [0.05, 0.1) is 17.2 Å². The number of aryl methyl sites for hydroxylation is 1. The molecule has 7 nitrogen and oxygen atoms in total. The van der Waals surface area contributed by atoms with E-state index in [1.807, 2.05) is 24.3 Å². The largest absolute Gasteiger partial charge is 0.473 e. The average Bonchev–Trinajstić information content (AvgIpc) is 3.08. The summed E-state index contributed by atoms with van der Waals surface area (Å²) in [5, 5.41) is 3.79. The number of benzene rings is 1. The quantitative estimate of drug-likeness (QED) is 0.730. The molecule has 1 aromatic carbocycles. The molecule has 3 aromatic rings. The number of carbonyl (C=O) groups is 1. The van der Waals surface area contributed by atoms with Crippen molar-refractivity contribution in [3.05, 3.63) is 48.0 Å². The standard InChI is InChI=1S/C18H18N4O3/c1-12-10-16(21-25-12)18(23)22-8-6-13(7-9-22)24-17-11-19-14-4-2-3-5-15(14)20-17/h2-5,10-11,13H,6-9H2,1H3. The molecule has 0 saturated carbocycles. The number of fused-ring (bicyclic) bond motifs is 1. The Kier molecular flexibility index (Phi) is 4.05. The Morgan fingerprint density at radius 2 is 2.00 bits per heavy atom. The van der Waals surface area contributed by atoms with Gasteiger partial charge in [-0.3, -0.25) is 4.79 Å². The minimum Gasteiger partial charge on any atom is -0.473 e. The zero-order valence-corrected chi connectivity index (χ0v) is 13.9. The lowest BCUT2D eigenvalue weighted by molar-refractivity contribution is 0.0578. The summed E-state index contributed by atoms with van der Waals surface area (Å²) in [6, 6.07) is 9.35. The van der Waals surface area contributed by atoms with E-state index < -0.39 is 0 Å². The van der Waals surface area contributed by atoms with E-state index in [4.69, 9.17) is 9.26 Å². The average molecular weight is 338 g/mol. The predicted octanol–water partition coefficient (Wildman–Crippen LogP) is 2.61. The van der Waals surface area contributed by atoms with Crippen LogP contribution < -0.4 is 4.74 Å². The van der Waals surface area contributed by atoms with Crippen LogP contribution >= 0.6 is 0 Å². The SMILES string of the molecule is Cc1cc(C(=O)N2CCC(Oc3cnc4ccccc4n3)CC2)no1. The van der Waals surface area contributed by atoms with Gasteiger partial charge in [0.1, 0.15) is 11.9 Å². The van der Waals surface area contributed by atoms with Crippen molar-refractivity contribution in [1.29, 1.82) is 0 Å². The van der Waals surface area contributed by atoms with E-state index in [0.29, 0.717) is 30.4 Å². The zero-order valence-electron chi connectivity index (χ0n) is 13.9. The molecular formula is C18H18N4O3. The first kappa shape index (κ1) is 15.6. The van der Waals surface area contributed by atoms with Crippen molar-refractivity contribution < 1.29 is 14.1 Å². The minimum atomic E-state index is -0.0965. The molecule has 1 saturated heterocycles. The van der Waals surface area contributed by atoms with Crippen LogP contribution in [0, 0.1) is 6.92 Å². The van der Waals surface area contributed by atoms with E-state index in [-0.39, 0.29) is 12.0 Å². The van der Waals surface area contributed by atoms with E-state index in [2.05, 4.69) is 15.1 Å². The molecule has 4 rings (SSSR count). The Hall–Kier alpha value is -2.96. The molecule has 1 aliphatic heterocycles. The molecule has 0 bridgehead atoms. The number of amides is 1. The number of para-hydroxylation sites is 2. The second kappa shape index (κ2) is 6.51. The molecule has 0 radical (unpaired) electrons. The molecule has 7 heteroatoms. The predicted molar refractivity (Wildman–Crippen MR) is 90.3 cm³/mol. The lowest BCUT2D eigenvalue weighted by Gasteiger charge is -2.31. The summed E-state index contributed by atoms with van der Waals surface area (Å²) < 4.78 is 10.9. The van der Waals surface area contributed by atoms with Crippen LogP contribution in [0.25, 0.3) is 11.0 Å². The van der Waals surface area contributed by atoms with Gasteiger partial charge in [-0.1, -0.05) is 17.3 Å². The van der Waals surface area contributed by atoms with Gasteiger partial charge in [-0.15, -0.1) is 0 Å². The first-order valence-corrected chi connectivity index (χ1v) is 8.30. The van der Waals surface area contributed by atoms with Crippen molar-refractivity contribution in [2.45, 2.75) is 25.9 Å². The highest BCUT2D eigenvalue weighted by Gasteiger charge is 2.26. The van der Waals surface area contributed by atoms with Crippen LogP contribution in [0.1, 0.15) is 29.1 Å². The van der Waals surface area contributed by atoms with Gasteiger partial charge in [0.2, 0.25) is 5.88 Å². The minimum absolute atomic E-state index is 0.0264. The fraction of sp³-hybridized carbons (Fsp3) is 0.333. The van der Waals surface area contributed by atoms with Crippen LogP contribution in [0.5, 0.6) is 5.88 Å². The van der Waals surface area contributed by atoms with Crippen molar-refractivity contribution in [2.75, 3.05) is 13.1 Å². The maximum Gasteiger partial charge on any atom is 0.276 e. The Morgan fingerprint density at radius 1 is 1.24 bits per heavy atom. The molecule has 1 fully saturated rings. The third-order valence-corrected chi connectivity index (χ3v) is 4.29. The van der Waals surface area contributed by atoms with Gasteiger partial charge >= 0.3 is 0 Å². The van der Waals surface area contributed by atoms with Gasteiger partial charge in [0.25, 0.3) is 5.91 Å². The lowest BCUT2D eigenvalue weighted by Crippen LogP contribution is -2.42. The third kappa shape index (κ3) is 3.31. The van der Waals surface area contributed by atoms with Gasteiger partial charge in [0.15, 0.2) is 5.69 Å². The van der Waals surface area contributed by atoms with E-state index in [9.17, 15) is 4.79 Å². The highest BCUT2D eigenvalue weighted by molar-refractivity contribution is 5.92. The second-order valence-corrected chi connectivity index (χ2v) is 6.13. The Labute approximate surface area is 144 Å². The molecule has 0 aliphatic carbocycles. The molecule has 25 heavy (non-hydrogen) atoms. The van der Waals surface area contributed by atoms with Gasteiger partial charge < -0.3 is 14.2 Å². The molecule has 2 aromatic heterocycles. The molecule has 1 aliphatic rings. The number of rotatable bonds is 3. The van der Waals surface area contributed by atoms with E-state index in [1.54, 1.807) is 24.1 Å². The third-order valence-electron chi connectivity index (χ3n) is 4.29. The van der Waals surface area contributed by atoms with Crippen molar-refractivity contribution in [3.8, 4) is 5.88 Å². The normalized spacial score (nSPS) is 15.5. The smallest absolute Gasteiger partial charge is 0.276 e. The second-order valence-electron chi connectivity index (χ2n) is 6.13. The monoisotopic (exact) mass is 338 g/mol. The molecule has 0 N–H and O–H groups in total. The summed E-state index contributed by atoms with van der Waals surface area (Å²) in [4.78, 5) is 23.0. The fourth-order valence-corrected chi connectivity index (χ4v) is 2.97. The summed E-state index contributed by atoms with van der Waals surface area (Å²) >= 11 is 0. The van der Waals surface area contributed by atoms with Crippen molar-refractivity contribution in [1.82, 2.24) is 20.0 Å². The van der Waals surface area contributed by atoms with Gasteiger partial charge in [-0.25, -0.2) is 9.97 Å². The van der Waals surface area contributed by atoms with Crippen LogP contribution in [0.3, 0.4) is 0 Å². The molecule has 1 amide bonds. The van der Waals surface area contributed by atoms with Crippen molar-refractivity contribution in [3.63, 3.8) is 0 Å². The number of carbonyl (C=O) groups excluding carboxylic acids is 1. The fourth-order valence-electron chi connectivity index (χ4n) is 2.97. The number of ether oxygens (including phenoxy) is 1. The molecule has 0 unspecified atom stereocenters. The number of likely N-dealkylation sites (tertiary alicyclic amines) is 1. The number of nitrogens with zero attached hydrogens (tertiary/aromatic N) is 4. The van der Waals surface area contributed by atoms with E-state index in [1.165, 1.54) is 0 Å². The number of aromatic nitrogens is 3. The summed E-state index contributed by atoms with van der Waals surface area (Å²) in [5.74, 6) is 1.06. The first-order chi connectivity index (χ1) is 12.2. The zero-order chi connectivity index (χ0) is 17.2. The Bertz CT molecular complexity index is 900. The first-order valence-electron chi connectivity index (χ1n) is 8.30. The van der Waals surface area contributed by atoms with Crippen molar-refractivity contribution in [2.24, 2.45) is 0 Å². The number of hydrogen-bond acceptors (Lipinski definition) is 6. The van der Waals surface area contributed by atoms with Crippen LogP contribution in [-0.2, 0) is 0 Å². The van der Waals surface area contributed by atoms with Crippen molar-refractivity contribution >= 4 is 16.9 Å². The molecule has 128 valence electrons. The lowest BCUT2D eigenvalue weighted by atomic mass is 10.1. The van der Waals surface area contributed by atoms with Crippen LogP contribution in [0.2, 0.25) is 0 Å². The Balaban J connectivity index is 1.37. The van der Waals surface area contributed by atoms with Gasteiger partial charge in [-0.05, 0) is 19.1 Å². The molecule has 0 spiro atoms. The van der Waals surface area contributed by atoms with Gasteiger partial charge in [0, 0.05) is 32.0 Å². The molecule has 3 heterocycles. The maximum atomic E-state index is 12.4. The topological polar surface area (TPSA) is 81.4 Å². The van der Waals surface area contributed by atoms with Crippen LogP contribution in [-0.4, -0.2) is 45.1 Å². The summed E-state index contributed by atoms with van der Waals surface area (Å²) in [7, 11) is 0. The Morgan fingerprint density at radius 3 is 2.72 bits per heavy atom. The highest BCUT2D eigenvalue weighted by Crippen LogP contribution is 2.20. The summed E-state index contributed by atoms with van der Waals surface area (Å²) in [5.41, 5.74) is 2.02.